The van der Waals surface area contributed by atoms with E-state index >= 15 is 0 Å². The Morgan fingerprint density at radius 3 is 0.912 bits per heavy atom. The molecule has 0 heterocycles. The van der Waals surface area contributed by atoms with E-state index in [0.717, 1.165) is 63.7 Å². The monoisotopic (exact) mass is 807 g/mol. The van der Waals surface area contributed by atoms with Gasteiger partial charge in [-0.25, -0.2) is 0 Å². The second-order valence-corrected chi connectivity index (χ2v) is 17.7. The molecule has 0 fully saturated rings. The summed E-state index contributed by atoms with van der Waals surface area (Å²) in [4.78, 5) is 37.9. The topological polar surface area (TPSA) is 78.9 Å². The summed E-state index contributed by atoms with van der Waals surface area (Å²) in [5.74, 6) is 0.000942. The predicted octanol–water partition coefficient (Wildman–Crippen LogP) is 16.3. The van der Waals surface area contributed by atoms with Crippen LogP contribution in [0.2, 0.25) is 0 Å². The van der Waals surface area contributed by atoms with Gasteiger partial charge in [0.05, 0.1) is 0 Å². The average molecular weight is 807 g/mol. The summed E-state index contributed by atoms with van der Waals surface area (Å²) >= 11 is 0. The largest absolute Gasteiger partial charge is 0.462 e. The van der Waals surface area contributed by atoms with Crippen LogP contribution in [0.1, 0.15) is 285 Å². The molecule has 0 saturated heterocycles. The smallest absolute Gasteiger partial charge is 0.306 e. The fourth-order valence-electron chi connectivity index (χ4n) is 7.66. The van der Waals surface area contributed by atoms with E-state index < -0.39 is 6.10 Å². The summed E-state index contributed by atoms with van der Waals surface area (Å²) in [5.41, 5.74) is 0. The lowest BCUT2D eigenvalue weighted by Gasteiger charge is -2.18. The van der Waals surface area contributed by atoms with E-state index in [-0.39, 0.29) is 31.1 Å². The van der Waals surface area contributed by atoms with Crippen molar-refractivity contribution in [1.82, 2.24) is 0 Å². The molecule has 0 aromatic heterocycles. The normalized spacial score (nSPS) is 12.4. The first kappa shape index (κ1) is 55.4. The Bertz CT molecular complexity index is 859. The standard InChI is InChI=1S/C51H98O6/c1-5-8-10-12-14-16-18-20-21-22-24-26-32-36-40-44-51(54)57-48(45-55-49(52)42-38-34-30-25-23-19-17-15-13-11-9-6-2)46-56-50(53)43-39-35-31-28-27-29-33-37-41-47(4)7-3/h47-48H,5-46H2,1-4H3/t47?,48-/m1/s1. The van der Waals surface area contributed by atoms with Crippen molar-refractivity contribution in [2.75, 3.05) is 13.2 Å². The van der Waals surface area contributed by atoms with Gasteiger partial charge in [0.15, 0.2) is 6.10 Å². The number of carbonyl (C=O) groups excluding carboxylic acids is 3. The number of ether oxygens (including phenoxy) is 3. The van der Waals surface area contributed by atoms with Gasteiger partial charge in [-0.15, -0.1) is 0 Å². The highest BCUT2D eigenvalue weighted by molar-refractivity contribution is 5.71. The molecule has 6 nitrogen and oxygen atoms in total. The zero-order valence-electron chi connectivity index (χ0n) is 38.8. The third-order valence-electron chi connectivity index (χ3n) is 11.9. The van der Waals surface area contributed by atoms with Crippen LogP contribution in [0.25, 0.3) is 0 Å². The Morgan fingerprint density at radius 1 is 0.351 bits per heavy atom. The Balaban J connectivity index is 4.32. The first-order valence-electron chi connectivity index (χ1n) is 25.4. The van der Waals surface area contributed by atoms with Crippen molar-refractivity contribution in [3.63, 3.8) is 0 Å². The number of esters is 3. The third kappa shape index (κ3) is 43.8. The molecule has 0 bridgehead atoms. The average Bonchev–Trinajstić information content (AvgIpc) is 3.21. The molecule has 0 aromatic carbocycles. The molecule has 2 atom stereocenters. The van der Waals surface area contributed by atoms with Gasteiger partial charge in [0.1, 0.15) is 13.2 Å². The van der Waals surface area contributed by atoms with Crippen LogP contribution in [-0.2, 0) is 28.6 Å². The predicted molar refractivity (Wildman–Crippen MR) is 243 cm³/mol. The minimum atomic E-state index is -0.760. The van der Waals surface area contributed by atoms with Crippen LogP contribution in [0.3, 0.4) is 0 Å². The summed E-state index contributed by atoms with van der Waals surface area (Å²) in [6.07, 6.45) is 46.5. The van der Waals surface area contributed by atoms with Crippen LogP contribution in [0.4, 0.5) is 0 Å². The van der Waals surface area contributed by atoms with E-state index in [9.17, 15) is 14.4 Å². The van der Waals surface area contributed by atoms with Gasteiger partial charge in [-0.2, -0.15) is 0 Å². The summed E-state index contributed by atoms with van der Waals surface area (Å²) in [7, 11) is 0. The van der Waals surface area contributed by atoms with Crippen LogP contribution in [0.5, 0.6) is 0 Å². The van der Waals surface area contributed by atoms with E-state index in [1.165, 1.54) is 180 Å². The van der Waals surface area contributed by atoms with Gasteiger partial charge < -0.3 is 14.2 Å². The van der Waals surface area contributed by atoms with Gasteiger partial charge in [0.2, 0.25) is 0 Å². The minimum absolute atomic E-state index is 0.0632. The zero-order valence-corrected chi connectivity index (χ0v) is 38.8. The Labute approximate surface area is 355 Å². The number of hydrogen-bond donors (Lipinski definition) is 0. The molecular weight excluding hydrogens is 709 g/mol. The maximum atomic E-state index is 12.8. The first-order valence-corrected chi connectivity index (χ1v) is 25.4. The van der Waals surface area contributed by atoms with Crippen LogP contribution in [-0.4, -0.2) is 37.2 Å². The molecule has 6 heteroatoms. The molecular formula is C51H98O6. The van der Waals surface area contributed by atoms with E-state index in [1.807, 2.05) is 0 Å². The summed E-state index contributed by atoms with van der Waals surface area (Å²) < 4.78 is 16.8. The van der Waals surface area contributed by atoms with Crippen LogP contribution in [0.15, 0.2) is 0 Å². The number of carbonyl (C=O) groups is 3. The number of hydrogen-bond acceptors (Lipinski definition) is 6. The van der Waals surface area contributed by atoms with Gasteiger partial charge in [-0.05, 0) is 25.2 Å². The van der Waals surface area contributed by atoms with E-state index in [0.29, 0.717) is 19.3 Å². The molecule has 0 rings (SSSR count). The molecule has 338 valence electrons. The third-order valence-corrected chi connectivity index (χ3v) is 11.9. The van der Waals surface area contributed by atoms with Crippen molar-refractivity contribution in [3.05, 3.63) is 0 Å². The molecule has 0 aromatic rings. The van der Waals surface area contributed by atoms with Crippen LogP contribution >= 0.6 is 0 Å². The van der Waals surface area contributed by atoms with E-state index in [2.05, 4.69) is 27.7 Å². The SMILES string of the molecule is CCCCCCCCCCCCCCCCCC(=O)O[C@H](COC(=O)CCCCCCCCCCCCCC)COC(=O)CCCCCCCCCCC(C)CC. The summed E-state index contributed by atoms with van der Waals surface area (Å²) in [6, 6.07) is 0. The summed E-state index contributed by atoms with van der Waals surface area (Å²) in [5, 5.41) is 0. The van der Waals surface area contributed by atoms with Crippen molar-refractivity contribution < 1.29 is 28.6 Å². The molecule has 0 aliphatic rings. The molecule has 0 aliphatic carbocycles. The lowest BCUT2D eigenvalue weighted by atomic mass is 9.99. The zero-order chi connectivity index (χ0) is 41.7. The molecule has 0 aliphatic heterocycles. The van der Waals surface area contributed by atoms with Crippen molar-refractivity contribution in [2.24, 2.45) is 5.92 Å². The molecule has 0 saturated carbocycles. The quantitative estimate of drug-likeness (QED) is 0.0346. The van der Waals surface area contributed by atoms with Crippen molar-refractivity contribution >= 4 is 17.9 Å². The Hall–Kier alpha value is -1.59. The second kappa shape index (κ2) is 45.5. The molecule has 1 unspecified atom stereocenters. The molecule has 0 radical (unpaired) electrons. The van der Waals surface area contributed by atoms with E-state index in [1.54, 1.807) is 0 Å². The molecule has 0 spiro atoms. The fraction of sp³-hybridized carbons (Fsp3) is 0.941. The highest BCUT2D eigenvalue weighted by Gasteiger charge is 2.19. The Kier molecular flexibility index (Phi) is 44.2. The van der Waals surface area contributed by atoms with Crippen LogP contribution in [0, 0.1) is 5.92 Å². The second-order valence-electron chi connectivity index (χ2n) is 17.7. The highest BCUT2D eigenvalue weighted by Crippen LogP contribution is 2.17. The Morgan fingerprint density at radius 2 is 0.614 bits per heavy atom. The van der Waals surface area contributed by atoms with Crippen molar-refractivity contribution in [3.8, 4) is 0 Å². The maximum absolute atomic E-state index is 12.8. The number of rotatable bonds is 46. The van der Waals surface area contributed by atoms with E-state index in [4.69, 9.17) is 14.2 Å². The van der Waals surface area contributed by atoms with Gasteiger partial charge in [-0.1, -0.05) is 246 Å². The summed E-state index contributed by atoms with van der Waals surface area (Å²) in [6.45, 7) is 9.02. The maximum Gasteiger partial charge on any atom is 0.306 e. The minimum Gasteiger partial charge on any atom is -0.462 e. The molecule has 0 N–H and O–H groups in total. The fourth-order valence-corrected chi connectivity index (χ4v) is 7.66. The van der Waals surface area contributed by atoms with Gasteiger partial charge in [0, 0.05) is 19.3 Å². The van der Waals surface area contributed by atoms with Gasteiger partial charge >= 0.3 is 17.9 Å². The first-order chi connectivity index (χ1) is 27.9. The lowest BCUT2D eigenvalue weighted by Crippen LogP contribution is -2.30. The lowest BCUT2D eigenvalue weighted by molar-refractivity contribution is -0.167. The highest BCUT2D eigenvalue weighted by atomic mass is 16.6. The van der Waals surface area contributed by atoms with Crippen molar-refractivity contribution in [2.45, 2.75) is 291 Å². The number of unbranched alkanes of at least 4 members (excludes halogenated alkanes) is 32. The van der Waals surface area contributed by atoms with Crippen molar-refractivity contribution in [1.29, 1.82) is 0 Å². The van der Waals surface area contributed by atoms with Gasteiger partial charge in [0.25, 0.3) is 0 Å². The van der Waals surface area contributed by atoms with Gasteiger partial charge in [-0.3, -0.25) is 14.4 Å². The molecule has 0 amide bonds. The van der Waals surface area contributed by atoms with Crippen LogP contribution < -0.4 is 0 Å². The molecule has 57 heavy (non-hydrogen) atoms.